The quantitative estimate of drug-likeness (QED) is 0.693. The third kappa shape index (κ3) is 5.82. The second kappa shape index (κ2) is 6.14. The van der Waals surface area contributed by atoms with E-state index in [9.17, 15) is 0 Å². The van der Waals surface area contributed by atoms with Crippen LogP contribution in [0.4, 0.5) is 0 Å². The molecule has 4 nitrogen and oxygen atoms in total. The minimum atomic E-state index is 0.0768. The molecule has 1 rings (SSSR count). The summed E-state index contributed by atoms with van der Waals surface area (Å²) in [7, 11) is 0. The Morgan fingerprint density at radius 2 is 1.65 bits per heavy atom. The van der Waals surface area contributed by atoms with Crippen LogP contribution in [0.15, 0.2) is 0 Å². The van der Waals surface area contributed by atoms with Crippen LogP contribution in [-0.2, 0) is 9.47 Å². The van der Waals surface area contributed by atoms with E-state index in [4.69, 9.17) is 14.6 Å². The molecule has 0 bridgehead atoms. The zero-order valence-electron chi connectivity index (χ0n) is 11.6. The number of aliphatic hydroxyl groups is 1. The Morgan fingerprint density at radius 3 is 2.18 bits per heavy atom. The fraction of sp³-hybridized carbons (Fsp3) is 1.00. The molecule has 0 radical (unpaired) electrons. The summed E-state index contributed by atoms with van der Waals surface area (Å²) in [4.78, 5) is 0. The molecule has 0 aliphatic carbocycles. The summed E-state index contributed by atoms with van der Waals surface area (Å²) in [5.41, 5.74) is 0.247. The SMILES string of the molecule is CC1(C)CC(OCCOCCO)CC(C)(C)N1. The van der Waals surface area contributed by atoms with Gasteiger partial charge in [0.05, 0.1) is 32.5 Å². The van der Waals surface area contributed by atoms with Gasteiger partial charge in [0.25, 0.3) is 0 Å². The highest BCUT2D eigenvalue weighted by Gasteiger charge is 2.37. The van der Waals surface area contributed by atoms with E-state index in [0.717, 1.165) is 12.8 Å². The maximum atomic E-state index is 8.58. The van der Waals surface area contributed by atoms with Crippen molar-refractivity contribution in [2.24, 2.45) is 0 Å². The minimum absolute atomic E-state index is 0.0768. The Kier molecular flexibility index (Phi) is 5.38. The van der Waals surface area contributed by atoms with E-state index in [1.165, 1.54) is 0 Å². The standard InChI is InChI=1S/C13H27NO3/c1-12(2)9-11(10-13(3,4)14-12)17-8-7-16-6-5-15/h11,14-15H,5-10H2,1-4H3. The lowest BCUT2D eigenvalue weighted by Crippen LogP contribution is -2.59. The summed E-state index contributed by atoms with van der Waals surface area (Å²) in [6.45, 7) is 10.5. The number of hydrogen-bond acceptors (Lipinski definition) is 4. The molecule has 0 spiro atoms. The molecule has 102 valence electrons. The molecular weight excluding hydrogens is 218 g/mol. The van der Waals surface area contributed by atoms with Crippen LogP contribution in [0.3, 0.4) is 0 Å². The lowest BCUT2D eigenvalue weighted by molar-refractivity contribution is -0.0459. The van der Waals surface area contributed by atoms with Gasteiger partial charge < -0.3 is 19.9 Å². The van der Waals surface area contributed by atoms with E-state index >= 15 is 0 Å². The predicted octanol–water partition coefficient (Wildman–Crippen LogP) is 1.32. The number of rotatable bonds is 6. The van der Waals surface area contributed by atoms with Crippen LogP contribution in [0.25, 0.3) is 0 Å². The van der Waals surface area contributed by atoms with Crippen molar-refractivity contribution in [3.8, 4) is 0 Å². The molecule has 1 fully saturated rings. The van der Waals surface area contributed by atoms with Crippen molar-refractivity contribution < 1.29 is 14.6 Å². The second-order valence-corrected chi connectivity index (χ2v) is 6.13. The zero-order chi connectivity index (χ0) is 12.9. The second-order valence-electron chi connectivity index (χ2n) is 6.13. The normalized spacial score (nSPS) is 23.8. The van der Waals surface area contributed by atoms with Gasteiger partial charge in [0.2, 0.25) is 0 Å². The molecule has 0 atom stereocenters. The summed E-state index contributed by atoms with van der Waals surface area (Å²) in [6.07, 6.45) is 2.34. The van der Waals surface area contributed by atoms with Gasteiger partial charge in [-0.25, -0.2) is 0 Å². The van der Waals surface area contributed by atoms with Crippen LogP contribution in [0.2, 0.25) is 0 Å². The van der Waals surface area contributed by atoms with Crippen molar-refractivity contribution in [3.63, 3.8) is 0 Å². The van der Waals surface area contributed by atoms with Gasteiger partial charge in [-0.1, -0.05) is 0 Å². The first-order valence-electron chi connectivity index (χ1n) is 6.44. The largest absolute Gasteiger partial charge is 0.394 e. The molecule has 1 saturated heterocycles. The highest BCUT2D eigenvalue weighted by Crippen LogP contribution is 2.30. The third-order valence-electron chi connectivity index (χ3n) is 2.97. The molecule has 1 aliphatic heterocycles. The third-order valence-corrected chi connectivity index (χ3v) is 2.97. The number of ether oxygens (including phenoxy) is 2. The molecule has 0 unspecified atom stereocenters. The molecular formula is C13H27NO3. The molecule has 17 heavy (non-hydrogen) atoms. The van der Waals surface area contributed by atoms with Gasteiger partial charge in [-0.05, 0) is 40.5 Å². The van der Waals surface area contributed by atoms with E-state index < -0.39 is 0 Å². The van der Waals surface area contributed by atoms with Gasteiger partial charge in [-0.2, -0.15) is 0 Å². The molecule has 2 N–H and O–H groups in total. The Balaban J connectivity index is 2.28. The Morgan fingerprint density at radius 1 is 1.06 bits per heavy atom. The maximum absolute atomic E-state index is 8.58. The smallest absolute Gasteiger partial charge is 0.0704 e. The fourth-order valence-electron chi connectivity index (χ4n) is 2.79. The Bertz CT molecular complexity index is 213. The van der Waals surface area contributed by atoms with E-state index in [1.807, 2.05) is 0 Å². The van der Waals surface area contributed by atoms with Crippen LogP contribution < -0.4 is 5.32 Å². The molecule has 1 aliphatic rings. The summed E-state index contributed by atoms with van der Waals surface area (Å²) in [6, 6.07) is 0. The van der Waals surface area contributed by atoms with Gasteiger partial charge >= 0.3 is 0 Å². The van der Waals surface area contributed by atoms with Crippen LogP contribution in [-0.4, -0.2) is 48.7 Å². The highest BCUT2D eigenvalue weighted by molar-refractivity contribution is 4.97. The summed E-state index contributed by atoms with van der Waals surface area (Å²) in [5.74, 6) is 0. The average Bonchev–Trinajstić information content (AvgIpc) is 2.12. The maximum Gasteiger partial charge on any atom is 0.0704 e. The van der Waals surface area contributed by atoms with Crippen LogP contribution in [0.1, 0.15) is 40.5 Å². The minimum Gasteiger partial charge on any atom is -0.394 e. The first-order chi connectivity index (χ1) is 7.85. The molecule has 0 aromatic rings. The number of aliphatic hydroxyl groups excluding tert-OH is 1. The van der Waals surface area contributed by atoms with Crippen LogP contribution in [0, 0.1) is 0 Å². The Hall–Kier alpha value is -0.160. The molecule has 4 heteroatoms. The molecule has 0 aromatic heterocycles. The van der Waals surface area contributed by atoms with Gasteiger partial charge in [-0.3, -0.25) is 0 Å². The van der Waals surface area contributed by atoms with E-state index in [1.54, 1.807) is 0 Å². The van der Waals surface area contributed by atoms with Crippen molar-refractivity contribution in [3.05, 3.63) is 0 Å². The highest BCUT2D eigenvalue weighted by atomic mass is 16.5. The first kappa shape index (κ1) is 14.9. The average molecular weight is 245 g/mol. The summed E-state index contributed by atoms with van der Waals surface area (Å²) < 4.78 is 11.0. The van der Waals surface area contributed by atoms with Gasteiger partial charge in [0.15, 0.2) is 0 Å². The number of piperidine rings is 1. The van der Waals surface area contributed by atoms with E-state index in [0.29, 0.717) is 25.9 Å². The van der Waals surface area contributed by atoms with Gasteiger partial charge in [-0.15, -0.1) is 0 Å². The zero-order valence-corrected chi connectivity index (χ0v) is 11.6. The summed E-state index contributed by atoms with van der Waals surface area (Å²) >= 11 is 0. The number of hydrogen-bond donors (Lipinski definition) is 2. The predicted molar refractivity (Wildman–Crippen MR) is 68.2 cm³/mol. The van der Waals surface area contributed by atoms with Crippen molar-refractivity contribution in [1.29, 1.82) is 0 Å². The Labute approximate surface area is 105 Å². The van der Waals surface area contributed by atoms with Crippen LogP contribution >= 0.6 is 0 Å². The molecule has 0 amide bonds. The summed E-state index contributed by atoms with van der Waals surface area (Å²) in [5, 5.41) is 12.2. The van der Waals surface area contributed by atoms with Gasteiger partial charge in [0, 0.05) is 11.1 Å². The molecule has 0 saturated carbocycles. The van der Waals surface area contributed by atoms with Gasteiger partial charge in [0.1, 0.15) is 0 Å². The molecule has 1 heterocycles. The topological polar surface area (TPSA) is 50.7 Å². The van der Waals surface area contributed by atoms with Crippen molar-refractivity contribution >= 4 is 0 Å². The lowest BCUT2D eigenvalue weighted by Gasteiger charge is -2.46. The van der Waals surface area contributed by atoms with E-state index in [-0.39, 0.29) is 17.7 Å². The first-order valence-corrected chi connectivity index (χ1v) is 6.44. The fourth-order valence-corrected chi connectivity index (χ4v) is 2.79. The lowest BCUT2D eigenvalue weighted by atomic mass is 9.81. The van der Waals surface area contributed by atoms with Crippen LogP contribution in [0.5, 0.6) is 0 Å². The van der Waals surface area contributed by atoms with E-state index in [2.05, 4.69) is 33.0 Å². The number of nitrogens with one attached hydrogen (secondary N) is 1. The van der Waals surface area contributed by atoms with Crippen molar-refractivity contribution in [2.45, 2.75) is 57.7 Å². The van der Waals surface area contributed by atoms with Crippen molar-refractivity contribution in [2.75, 3.05) is 26.4 Å². The monoisotopic (exact) mass is 245 g/mol. The van der Waals surface area contributed by atoms with Crippen molar-refractivity contribution in [1.82, 2.24) is 5.32 Å². The molecule has 0 aromatic carbocycles.